The monoisotopic (exact) mass is 429 g/mol. The molecule has 2 aliphatic rings. The SMILES string of the molecule is Cc1cccc(C(CCCC2CCNCC2)c2cn(C3CCNCC3)c3ccccc23)c1. The molecule has 3 nitrogen and oxygen atoms in total. The van der Waals surface area contributed by atoms with Crippen LogP contribution in [0, 0.1) is 12.8 Å². The fourth-order valence-corrected chi connectivity index (χ4v) is 6.07. The topological polar surface area (TPSA) is 29.0 Å². The molecule has 0 bridgehead atoms. The largest absolute Gasteiger partial charge is 0.344 e. The van der Waals surface area contributed by atoms with Crippen molar-refractivity contribution in [2.45, 2.75) is 63.8 Å². The van der Waals surface area contributed by atoms with Crippen molar-refractivity contribution in [3.8, 4) is 0 Å². The smallest absolute Gasteiger partial charge is 0.0485 e. The molecule has 0 aliphatic carbocycles. The molecule has 0 spiro atoms. The molecule has 1 unspecified atom stereocenters. The molecule has 32 heavy (non-hydrogen) atoms. The zero-order valence-corrected chi connectivity index (χ0v) is 19.7. The molecule has 0 amide bonds. The van der Waals surface area contributed by atoms with Gasteiger partial charge in [-0.05, 0) is 88.3 Å². The molecule has 170 valence electrons. The molecule has 2 fully saturated rings. The van der Waals surface area contributed by atoms with E-state index in [-0.39, 0.29) is 0 Å². The molecular weight excluding hydrogens is 390 g/mol. The predicted octanol–water partition coefficient (Wildman–Crippen LogP) is 6.18. The number of benzene rings is 2. The Morgan fingerprint density at radius 1 is 0.906 bits per heavy atom. The van der Waals surface area contributed by atoms with Crippen LogP contribution in [0.25, 0.3) is 10.9 Å². The van der Waals surface area contributed by atoms with Crippen molar-refractivity contribution < 1.29 is 0 Å². The Morgan fingerprint density at radius 2 is 1.66 bits per heavy atom. The summed E-state index contributed by atoms with van der Waals surface area (Å²) in [5, 5.41) is 8.51. The van der Waals surface area contributed by atoms with Gasteiger partial charge in [0.1, 0.15) is 0 Å². The lowest BCUT2D eigenvalue weighted by Crippen LogP contribution is -2.29. The van der Waals surface area contributed by atoms with E-state index in [0.29, 0.717) is 12.0 Å². The van der Waals surface area contributed by atoms with Gasteiger partial charge in [0.15, 0.2) is 0 Å². The van der Waals surface area contributed by atoms with Crippen molar-refractivity contribution in [3.63, 3.8) is 0 Å². The second kappa shape index (κ2) is 10.2. The van der Waals surface area contributed by atoms with Crippen LogP contribution >= 0.6 is 0 Å². The fraction of sp³-hybridized carbons (Fsp3) is 0.517. The van der Waals surface area contributed by atoms with Gasteiger partial charge in [0.2, 0.25) is 0 Å². The van der Waals surface area contributed by atoms with Crippen molar-refractivity contribution in [3.05, 3.63) is 71.4 Å². The second-order valence-electron chi connectivity index (χ2n) is 10.1. The van der Waals surface area contributed by atoms with Gasteiger partial charge in [-0.25, -0.2) is 0 Å². The first kappa shape index (κ1) is 21.7. The molecule has 2 N–H and O–H groups in total. The Labute approximate surface area is 193 Å². The average Bonchev–Trinajstić information content (AvgIpc) is 3.22. The van der Waals surface area contributed by atoms with Crippen LogP contribution in [0.4, 0.5) is 0 Å². The van der Waals surface area contributed by atoms with E-state index >= 15 is 0 Å². The van der Waals surface area contributed by atoms with Crippen LogP contribution < -0.4 is 10.6 Å². The Balaban J connectivity index is 1.47. The Hall–Kier alpha value is -2.10. The van der Waals surface area contributed by atoms with Gasteiger partial charge in [-0.15, -0.1) is 0 Å². The van der Waals surface area contributed by atoms with Gasteiger partial charge in [0, 0.05) is 29.1 Å². The van der Waals surface area contributed by atoms with Gasteiger partial charge >= 0.3 is 0 Å². The second-order valence-corrected chi connectivity index (χ2v) is 10.1. The highest BCUT2D eigenvalue weighted by molar-refractivity contribution is 5.85. The van der Waals surface area contributed by atoms with Crippen molar-refractivity contribution in [2.75, 3.05) is 26.2 Å². The molecular formula is C29H39N3. The van der Waals surface area contributed by atoms with E-state index in [4.69, 9.17) is 0 Å². The first-order chi connectivity index (χ1) is 15.8. The molecule has 3 heteroatoms. The van der Waals surface area contributed by atoms with Gasteiger partial charge in [-0.3, -0.25) is 0 Å². The van der Waals surface area contributed by atoms with Crippen LogP contribution in [0.15, 0.2) is 54.7 Å². The lowest BCUT2D eigenvalue weighted by Gasteiger charge is -2.25. The number of para-hydroxylation sites is 1. The van der Waals surface area contributed by atoms with Crippen molar-refractivity contribution >= 4 is 10.9 Å². The number of rotatable bonds is 7. The van der Waals surface area contributed by atoms with Gasteiger partial charge in [-0.1, -0.05) is 60.9 Å². The lowest BCUT2D eigenvalue weighted by molar-refractivity contribution is 0.342. The van der Waals surface area contributed by atoms with Crippen LogP contribution in [0.2, 0.25) is 0 Å². The third-order valence-electron chi connectivity index (χ3n) is 7.86. The number of nitrogens with one attached hydrogen (secondary N) is 2. The van der Waals surface area contributed by atoms with E-state index in [1.807, 2.05) is 0 Å². The van der Waals surface area contributed by atoms with E-state index in [0.717, 1.165) is 19.0 Å². The minimum atomic E-state index is 0.476. The lowest BCUT2D eigenvalue weighted by atomic mass is 9.84. The summed E-state index contributed by atoms with van der Waals surface area (Å²) in [6, 6.07) is 19.0. The molecule has 2 aromatic carbocycles. The first-order valence-corrected chi connectivity index (χ1v) is 12.9. The van der Waals surface area contributed by atoms with E-state index in [1.54, 1.807) is 0 Å². The standard InChI is InChI=1S/C29H39N3/c1-22-6-4-8-24(20-22)26(10-5-7-23-12-16-30-17-13-23)28-21-32(25-14-18-31-19-15-25)29-11-3-2-9-27(28)29/h2-4,6,8-9,11,20-21,23,25-26,30-31H,5,7,10,12-19H2,1H3. The van der Waals surface area contributed by atoms with Crippen LogP contribution in [-0.4, -0.2) is 30.7 Å². The zero-order valence-electron chi connectivity index (χ0n) is 19.7. The number of aromatic nitrogens is 1. The summed E-state index contributed by atoms with van der Waals surface area (Å²) in [5.74, 6) is 1.38. The molecule has 1 aromatic heterocycles. The molecule has 3 heterocycles. The molecule has 2 saturated heterocycles. The van der Waals surface area contributed by atoms with E-state index < -0.39 is 0 Å². The van der Waals surface area contributed by atoms with Crippen molar-refractivity contribution in [1.29, 1.82) is 0 Å². The van der Waals surface area contributed by atoms with Crippen LogP contribution in [0.3, 0.4) is 0 Å². The highest BCUT2D eigenvalue weighted by atomic mass is 15.0. The summed E-state index contributed by atoms with van der Waals surface area (Å²) in [4.78, 5) is 0. The zero-order chi connectivity index (χ0) is 21.8. The number of fused-ring (bicyclic) bond motifs is 1. The molecule has 2 aliphatic heterocycles. The third kappa shape index (κ3) is 4.79. The molecule has 0 radical (unpaired) electrons. The summed E-state index contributed by atoms with van der Waals surface area (Å²) >= 11 is 0. The highest BCUT2D eigenvalue weighted by Gasteiger charge is 2.24. The minimum absolute atomic E-state index is 0.476. The van der Waals surface area contributed by atoms with Gasteiger partial charge in [0.25, 0.3) is 0 Å². The molecule has 0 saturated carbocycles. The summed E-state index contributed by atoms with van der Waals surface area (Å²) in [7, 11) is 0. The quantitative estimate of drug-likeness (QED) is 0.470. The maximum atomic E-state index is 3.54. The fourth-order valence-electron chi connectivity index (χ4n) is 6.07. The Morgan fingerprint density at radius 3 is 2.44 bits per heavy atom. The van der Waals surface area contributed by atoms with Crippen LogP contribution in [0.5, 0.6) is 0 Å². The normalized spacial score (nSPS) is 19.4. The number of hydrogen-bond acceptors (Lipinski definition) is 2. The van der Waals surface area contributed by atoms with E-state index in [1.165, 1.54) is 85.6 Å². The predicted molar refractivity (Wildman–Crippen MR) is 136 cm³/mol. The maximum absolute atomic E-state index is 3.54. The van der Waals surface area contributed by atoms with Crippen LogP contribution in [-0.2, 0) is 0 Å². The average molecular weight is 430 g/mol. The van der Waals surface area contributed by atoms with Crippen molar-refractivity contribution in [1.82, 2.24) is 15.2 Å². The number of nitrogens with zero attached hydrogens (tertiary/aromatic N) is 1. The number of hydrogen-bond donors (Lipinski definition) is 2. The van der Waals surface area contributed by atoms with Gasteiger partial charge in [0.05, 0.1) is 0 Å². The van der Waals surface area contributed by atoms with Crippen LogP contribution in [0.1, 0.15) is 73.6 Å². The molecule has 3 aromatic rings. The summed E-state index contributed by atoms with van der Waals surface area (Å²) in [6.07, 6.45) is 11.6. The van der Waals surface area contributed by atoms with Gasteiger partial charge in [-0.2, -0.15) is 0 Å². The third-order valence-corrected chi connectivity index (χ3v) is 7.86. The molecule has 5 rings (SSSR count). The van der Waals surface area contributed by atoms with Gasteiger partial charge < -0.3 is 15.2 Å². The minimum Gasteiger partial charge on any atom is -0.344 e. The number of aryl methyl sites for hydroxylation is 1. The first-order valence-electron chi connectivity index (χ1n) is 12.9. The van der Waals surface area contributed by atoms with E-state index in [2.05, 4.69) is 76.9 Å². The summed E-state index contributed by atoms with van der Waals surface area (Å²) in [5.41, 5.74) is 5.82. The Bertz CT molecular complexity index is 1010. The molecule has 1 atom stereocenters. The van der Waals surface area contributed by atoms with Crippen molar-refractivity contribution in [2.24, 2.45) is 5.92 Å². The Kier molecular flexibility index (Phi) is 6.95. The maximum Gasteiger partial charge on any atom is 0.0485 e. The highest BCUT2D eigenvalue weighted by Crippen LogP contribution is 2.38. The summed E-state index contributed by atoms with van der Waals surface area (Å²) < 4.78 is 2.61. The summed E-state index contributed by atoms with van der Waals surface area (Å²) in [6.45, 7) is 6.90. The van der Waals surface area contributed by atoms with E-state index in [9.17, 15) is 0 Å². The number of piperidine rings is 2.